The largest absolute Gasteiger partial charge is 0.481 e. The molecule has 26 heavy (non-hydrogen) atoms. The molecule has 1 aromatic carbocycles. The second-order valence-corrected chi connectivity index (χ2v) is 6.35. The normalized spacial score (nSPS) is 16.8. The Morgan fingerprint density at radius 1 is 1.23 bits per heavy atom. The minimum Gasteiger partial charge on any atom is -0.481 e. The van der Waals surface area contributed by atoms with Gasteiger partial charge >= 0.3 is 12.0 Å². The fourth-order valence-electron chi connectivity index (χ4n) is 2.81. The molecule has 0 aliphatic carbocycles. The summed E-state index contributed by atoms with van der Waals surface area (Å²) in [5.74, 6) is -0.247. The lowest BCUT2D eigenvalue weighted by Crippen LogP contribution is -2.44. The number of rotatable bonds is 4. The summed E-state index contributed by atoms with van der Waals surface area (Å²) in [5.41, 5.74) is 1.68. The van der Waals surface area contributed by atoms with Crippen LogP contribution in [0.2, 0.25) is 0 Å². The minimum absolute atomic E-state index is 0.225. The fourth-order valence-corrected chi connectivity index (χ4v) is 2.81. The summed E-state index contributed by atoms with van der Waals surface area (Å²) in [4.78, 5) is 29.1. The smallest absolute Gasteiger partial charge is 0.321 e. The van der Waals surface area contributed by atoms with Crippen molar-refractivity contribution in [2.75, 3.05) is 18.4 Å². The van der Waals surface area contributed by atoms with Crippen molar-refractivity contribution in [2.24, 2.45) is 5.92 Å². The molecular formula is C19H21N3O4. The van der Waals surface area contributed by atoms with Gasteiger partial charge in [0.05, 0.1) is 17.8 Å². The van der Waals surface area contributed by atoms with Crippen LogP contribution < -0.4 is 10.1 Å². The first-order valence-electron chi connectivity index (χ1n) is 8.50. The first-order chi connectivity index (χ1) is 12.5. The van der Waals surface area contributed by atoms with E-state index in [2.05, 4.69) is 10.3 Å². The van der Waals surface area contributed by atoms with Crippen molar-refractivity contribution in [3.8, 4) is 11.6 Å². The van der Waals surface area contributed by atoms with Gasteiger partial charge in [0.25, 0.3) is 0 Å². The molecule has 0 radical (unpaired) electrons. The van der Waals surface area contributed by atoms with E-state index < -0.39 is 11.9 Å². The number of urea groups is 1. The predicted molar refractivity (Wildman–Crippen MR) is 96.4 cm³/mol. The number of pyridine rings is 1. The predicted octanol–water partition coefficient (Wildman–Crippen LogP) is 3.51. The number of carboxylic acid groups (broad SMARTS) is 1. The lowest BCUT2D eigenvalue weighted by Gasteiger charge is -2.30. The first-order valence-corrected chi connectivity index (χ1v) is 8.50. The van der Waals surface area contributed by atoms with Gasteiger partial charge in [-0.1, -0.05) is 17.7 Å². The minimum atomic E-state index is -0.859. The molecule has 7 heteroatoms. The number of amides is 2. The molecule has 0 saturated carbocycles. The van der Waals surface area contributed by atoms with Crippen LogP contribution in [0.15, 0.2) is 42.6 Å². The number of likely N-dealkylation sites (tertiary alicyclic amines) is 1. The molecule has 1 unspecified atom stereocenters. The number of anilines is 1. The van der Waals surface area contributed by atoms with Gasteiger partial charge in [0, 0.05) is 19.2 Å². The van der Waals surface area contributed by atoms with Gasteiger partial charge in [0.1, 0.15) is 5.75 Å². The maximum absolute atomic E-state index is 12.3. The molecule has 136 valence electrons. The number of aryl methyl sites for hydroxylation is 1. The highest BCUT2D eigenvalue weighted by atomic mass is 16.5. The molecule has 1 atom stereocenters. The van der Waals surface area contributed by atoms with Crippen molar-refractivity contribution < 1.29 is 19.4 Å². The first kappa shape index (κ1) is 17.7. The third kappa shape index (κ3) is 4.50. The highest BCUT2D eigenvalue weighted by Gasteiger charge is 2.28. The van der Waals surface area contributed by atoms with Crippen LogP contribution in [0.1, 0.15) is 18.4 Å². The number of hydrogen-bond donors (Lipinski definition) is 2. The number of carboxylic acids is 1. The Balaban J connectivity index is 1.57. The number of nitrogens with one attached hydrogen (secondary N) is 1. The molecule has 7 nitrogen and oxygen atoms in total. The van der Waals surface area contributed by atoms with E-state index in [1.54, 1.807) is 12.1 Å². The average molecular weight is 355 g/mol. The van der Waals surface area contributed by atoms with Gasteiger partial charge in [-0.25, -0.2) is 9.78 Å². The molecular weight excluding hydrogens is 334 g/mol. The number of aromatic nitrogens is 1. The zero-order valence-electron chi connectivity index (χ0n) is 14.5. The number of aliphatic carboxylic acids is 1. The molecule has 0 spiro atoms. The van der Waals surface area contributed by atoms with Crippen LogP contribution in [-0.4, -0.2) is 40.1 Å². The molecule has 2 heterocycles. The van der Waals surface area contributed by atoms with Crippen LogP contribution in [0.4, 0.5) is 10.5 Å². The lowest BCUT2D eigenvalue weighted by atomic mass is 9.99. The number of hydrogen-bond acceptors (Lipinski definition) is 4. The van der Waals surface area contributed by atoms with Crippen LogP contribution in [0, 0.1) is 12.8 Å². The van der Waals surface area contributed by atoms with E-state index >= 15 is 0 Å². The zero-order valence-corrected chi connectivity index (χ0v) is 14.5. The second-order valence-electron chi connectivity index (χ2n) is 6.35. The molecule has 1 aliphatic heterocycles. The third-order valence-electron chi connectivity index (χ3n) is 4.29. The van der Waals surface area contributed by atoms with Crippen LogP contribution >= 0.6 is 0 Å². The summed E-state index contributed by atoms with van der Waals surface area (Å²) in [5, 5.41) is 11.9. The Hall–Kier alpha value is -3.09. The Labute approximate surface area is 151 Å². The summed E-state index contributed by atoms with van der Waals surface area (Å²) in [6, 6.07) is 10.7. The molecule has 2 aromatic rings. The Kier molecular flexibility index (Phi) is 5.36. The highest BCUT2D eigenvalue weighted by molar-refractivity contribution is 5.89. The molecule has 1 aliphatic rings. The molecule has 2 amide bonds. The number of ether oxygens (including phenoxy) is 1. The highest BCUT2D eigenvalue weighted by Crippen LogP contribution is 2.22. The van der Waals surface area contributed by atoms with E-state index in [9.17, 15) is 9.59 Å². The van der Waals surface area contributed by atoms with Gasteiger partial charge in [-0.3, -0.25) is 4.79 Å². The second kappa shape index (κ2) is 7.86. The van der Waals surface area contributed by atoms with Crippen molar-refractivity contribution in [1.82, 2.24) is 9.88 Å². The van der Waals surface area contributed by atoms with Gasteiger partial charge in [0.2, 0.25) is 5.88 Å². The maximum Gasteiger partial charge on any atom is 0.321 e. The molecule has 2 N–H and O–H groups in total. The Bertz CT molecular complexity index is 774. The summed E-state index contributed by atoms with van der Waals surface area (Å²) >= 11 is 0. The number of benzene rings is 1. The third-order valence-corrected chi connectivity index (χ3v) is 4.29. The monoisotopic (exact) mass is 355 g/mol. The van der Waals surface area contributed by atoms with E-state index in [4.69, 9.17) is 9.84 Å². The Morgan fingerprint density at radius 3 is 2.65 bits per heavy atom. The van der Waals surface area contributed by atoms with E-state index in [1.165, 1.54) is 11.1 Å². The number of piperidine rings is 1. The van der Waals surface area contributed by atoms with Crippen LogP contribution in [0.25, 0.3) is 0 Å². The zero-order chi connectivity index (χ0) is 18.5. The van der Waals surface area contributed by atoms with E-state index in [-0.39, 0.29) is 12.6 Å². The molecule has 1 fully saturated rings. The topological polar surface area (TPSA) is 91.8 Å². The van der Waals surface area contributed by atoms with Gasteiger partial charge in [0.15, 0.2) is 0 Å². The fraction of sp³-hybridized carbons (Fsp3) is 0.316. The van der Waals surface area contributed by atoms with Crippen molar-refractivity contribution in [2.45, 2.75) is 19.8 Å². The Morgan fingerprint density at radius 2 is 2.00 bits per heavy atom. The van der Waals surface area contributed by atoms with Gasteiger partial charge < -0.3 is 20.1 Å². The van der Waals surface area contributed by atoms with E-state index in [0.717, 1.165) is 5.56 Å². The van der Waals surface area contributed by atoms with Crippen LogP contribution in [0.5, 0.6) is 11.6 Å². The van der Waals surface area contributed by atoms with Crippen LogP contribution in [0.3, 0.4) is 0 Å². The van der Waals surface area contributed by atoms with Gasteiger partial charge in [-0.2, -0.15) is 0 Å². The number of nitrogens with zero attached hydrogens (tertiary/aromatic N) is 2. The molecule has 0 bridgehead atoms. The quantitative estimate of drug-likeness (QED) is 0.876. The summed E-state index contributed by atoms with van der Waals surface area (Å²) in [6.45, 7) is 2.78. The van der Waals surface area contributed by atoms with Gasteiger partial charge in [-0.15, -0.1) is 0 Å². The summed E-state index contributed by atoms with van der Waals surface area (Å²) in [6.07, 6.45) is 2.80. The average Bonchev–Trinajstić information content (AvgIpc) is 2.65. The van der Waals surface area contributed by atoms with Gasteiger partial charge in [-0.05, 0) is 38.0 Å². The standard InChI is InChI=1S/C19H21N3O4/c1-13-4-7-16(8-5-13)26-17-9-6-15(11-20-17)21-19(25)22-10-2-3-14(12-22)18(23)24/h4-9,11,14H,2-3,10,12H2,1H3,(H,21,25)(H,23,24). The van der Waals surface area contributed by atoms with Crippen molar-refractivity contribution >= 4 is 17.7 Å². The number of carbonyl (C=O) groups excluding carboxylic acids is 1. The summed E-state index contributed by atoms with van der Waals surface area (Å²) in [7, 11) is 0. The summed E-state index contributed by atoms with van der Waals surface area (Å²) < 4.78 is 5.65. The van der Waals surface area contributed by atoms with Crippen molar-refractivity contribution in [3.05, 3.63) is 48.2 Å². The van der Waals surface area contributed by atoms with Crippen LogP contribution in [-0.2, 0) is 4.79 Å². The maximum atomic E-state index is 12.3. The molecule has 1 saturated heterocycles. The lowest BCUT2D eigenvalue weighted by molar-refractivity contribution is -0.143. The number of carbonyl (C=O) groups is 2. The van der Waals surface area contributed by atoms with Crippen molar-refractivity contribution in [3.63, 3.8) is 0 Å². The molecule has 1 aromatic heterocycles. The van der Waals surface area contributed by atoms with Crippen molar-refractivity contribution in [1.29, 1.82) is 0 Å². The van der Waals surface area contributed by atoms with E-state index in [0.29, 0.717) is 36.7 Å². The molecule has 3 rings (SSSR count). The van der Waals surface area contributed by atoms with E-state index in [1.807, 2.05) is 31.2 Å². The SMILES string of the molecule is Cc1ccc(Oc2ccc(NC(=O)N3CCCC(C(=O)O)C3)cn2)cc1.